The Hall–Kier alpha value is -6.60. The van der Waals surface area contributed by atoms with Crippen LogP contribution in [0.15, 0.2) is 48.5 Å². The van der Waals surface area contributed by atoms with Crippen LogP contribution in [0.4, 0.5) is 0 Å². The van der Waals surface area contributed by atoms with Gasteiger partial charge in [0.25, 0.3) is 0 Å². The third-order valence-corrected chi connectivity index (χ3v) is 15.2. The minimum Gasteiger partial charge on any atom is -0.491 e. The molecule has 98 heavy (non-hydrogen) atoms. The highest BCUT2D eigenvalue weighted by atomic mass is 16.6. The van der Waals surface area contributed by atoms with Gasteiger partial charge in [-0.3, -0.25) is 77.6 Å². The average molecular weight is 1390 g/mol. The number of esters is 5. The van der Waals surface area contributed by atoms with Gasteiger partial charge in [-0.05, 0) is 138 Å². The number of ether oxygens (including phenoxy) is 9. The largest absolute Gasteiger partial charge is 0.491 e. The molecule has 2 aromatic carbocycles. The summed E-state index contributed by atoms with van der Waals surface area (Å²) in [5, 5.41) is 28.3. The summed E-state index contributed by atoms with van der Waals surface area (Å²) in [4.78, 5) is 116. The highest BCUT2D eigenvalue weighted by Gasteiger charge is 2.33. The van der Waals surface area contributed by atoms with E-state index in [1.54, 1.807) is 28.5 Å². The summed E-state index contributed by atoms with van der Waals surface area (Å²) in [6, 6.07) is 13.7. The van der Waals surface area contributed by atoms with Crippen molar-refractivity contribution in [3.8, 4) is 11.5 Å². The molecule has 28 nitrogen and oxygen atoms in total. The van der Waals surface area contributed by atoms with E-state index in [0.29, 0.717) is 169 Å². The standard InChI is InChI=1S/C41H70N4O10.C29H46N4O10/c1-12-50-26-27-52-33-16-14-32(15-17-33)28-34(38(49)51-13-2)45-24-22-43(30-36(47)54-40(6,7)8)20-18-42(29-35(46)53-39(3,4)5)19-21-44(23-25-45)31-37(48)55-41(9,10)11;1-3-41-17-18-43-24-7-5-23(6-8-24)19-25(29(40)42-4-2)33-15-13-31(21-27(36)37)11-9-30(20-26(34)35)10-12-32(14-16-33)22-28(38)39/h14-17,34H,12-13,18-31H2,1-11H3;5-8,25H,3-4,9-22H2,1-2H3,(H,34,35)(H,36,37)(H,38,39). The summed E-state index contributed by atoms with van der Waals surface area (Å²) in [7, 11) is 0. The topological polar surface area (TPSA) is 306 Å². The quantitative estimate of drug-likeness (QED) is 0.0532. The van der Waals surface area contributed by atoms with Crippen molar-refractivity contribution >= 4 is 47.8 Å². The van der Waals surface area contributed by atoms with Crippen LogP contribution in [-0.4, -0.2) is 328 Å². The first-order valence-corrected chi connectivity index (χ1v) is 34.3. The molecule has 28 heteroatoms. The van der Waals surface area contributed by atoms with Crippen molar-refractivity contribution in [1.29, 1.82) is 0 Å². The Labute approximate surface area is 580 Å². The maximum absolute atomic E-state index is 13.7. The number of nitrogens with zero attached hydrogens (tertiary/aromatic N) is 8. The molecule has 2 unspecified atom stereocenters. The van der Waals surface area contributed by atoms with Gasteiger partial charge < -0.3 is 58.0 Å². The second-order valence-corrected chi connectivity index (χ2v) is 27.0. The number of benzene rings is 2. The van der Waals surface area contributed by atoms with Gasteiger partial charge in [0, 0.05) is 118 Å². The fourth-order valence-corrected chi connectivity index (χ4v) is 10.7. The van der Waals surface area contributed by atoms with E-state index in [2.05, 4.69) is 4.90 Å². The van der Waals surface area contributed by atoms with Crippen LogP contribution >= 0.6 is 0 Å². The second-order valence-electron chi connectivity index (χ2n) is 27.0. The van der Waals surface area contributed by atoms with E-state index in [0.717, 1.165) is 11.1 Å². The van der Waals surface area contributed by atoms with Crippen molar-refractivity contribution in [3.05, 3.63) is 59.7 Å². The van der Waals surface area contributed by atoms with Crippen LogP contribution in [0, 0.1) is 0 Å². The highest BCUT2D eigenvalue weighted by Crippen LogP contribution is 2.21. The number of carbonyl (C=O) groups excluding carboxylic acids is 5. The maximum atomic E-state index is 13.7. The number of rotatable bonds is 32. The number of hydrogen-bond acceptors (Lipinski definition) is 25. The van der Waals surface area contributed by atoms with Crippen LogP contribution in [0.5, 0.6) is 11.5 Å². The molecule has 2 heterocycles. The van der Waals surface area contributed by atoms with Gasteiger partial charge in [-0.1, -0.05) is 24.3 Å². The number of carboxylic acid groups (broad SMARTS) is 3. The first kappa shape index (κ1) is 85.6. The van der Waals surface area contributed by atoms with Gasteiger partial charge in [0.05, 0.1) is 65.7 Å². The maximum Gasteiger partial charge on any atom is 0.323 e. The van der Waals surface area contributed by atoms with Crippen molar-refractivity contribution in [1.82, 2.24) is 39.2 Å². The molecule has 3 N–H and O–H groups in total. The van der Waals surface area contributed by atoms with E-state index in [-0.39, 0.29) is 76.4 Å². The predicted octanol–water partition coefficient (Wildman–Crippen LogP) is 3.87. The molecule has 2 fully saturated rings. The van der Waals surface area contributed by atoms with Gasteiger partial charge >= 0.3 is 47.8 Å². The summed E-state index contributed by atoms with van der Waals surface area (Å²) in [6.45, 7) is 32.6. The Kier molecular flexibility index (Phi) is 39.5. The summed E-state index contributed by atoms with van der Waals surface area (Å²) >= 11 is 0. The number of aliphatic carboxylic acids is 3. The molecule has 0 amide bonds. The summed E-state index contributed by atoms with van der Waals surface area (Å²) in [5.41, 5.74) is -0.164. The minimum atomic E-state index is -1.02. The molecular weight excluding hydrogens is 1270 g/mol. The molecule has 2 aliphatic heterocycles. The molecule has 0 aliphatic carbocycles. The molecule has 0 aromatic heterocycles. The molecule has 2 saturated heterocycles. The fraction of sp³-hybridized carbons (Fsp3) is 0.714. The number of hydrogen-bond donors (Lipinski definition) is 3. The lowest BCUT2D eigenvalue weighted by atomic mass is 10.0. The van der Waals surface area contributed by atoms with Gasteiger partial charge in [0.15, 0.2) is 0 Å². The normalized spacial score (nSPS) is 17.2. The van der Waals surface area contributed by atoms with E-state index in [9.17, 15) is 53.7 Å². The summed E-state index contributed by atoms with van der Waals surface area (Å²) < 4.78 is 50.3. The van der Waals surface area contributed by atoms with Gasteiger partial charge in [-0.25, -0.2) is 0 Å². The van der Waals surface area contributed by atoms with Crippen molar-refractivity contribution in [2.24, 2.45) is 0 Å². The van der Waals surface area contributed by atoms with Crippen LogP contribution in [0.2, 0.25) is 0 Å². The van der Waals surface area contributed by atoms with Crippen LogP contribution in [0.1, 0.15) is 101 Å². The lowest BCUT2D eigenvalue weighted by molar-refractivity contribution is -0.159. The lowest BCUT2D eigenvalue weighted by Crippen LogP contribution is -2.53. The lowest BCUT2D eigenvalue weighted by Gasteiger charge is -2.36. The van der Waals surface area contributed by atoms with Gasteiger partial charge in [-0.15, -0.1) is 0 Å². The Morgan fingerprint density at radius 3 is 0.827 bits per heavy atom. The van der Waals surface area contributed by atoms with Gasteiger partial charge in [0.1, 0.15) is 53.6 Å². The molecule has 2 aromatic rings. The Morgan fingerprint density at radius 2 is 0.602 bits per heavy atom. The number of carbonyl (C=O) groups is 8. The fourth-order valence-electron chi connectivity index (χ4n) is 10.7. The zero-order chi connectivity index (χ0) is 72.8. The number of carboxylic acids is 3. The Morgan fingerprint density at radius 1 is 0.357 bits per heavy atom. The molecular formula is C70H116N8O20. The third kappa shape index (κ3) is 38.7. The van der Waals surface area contributed by atoms with E-state index >= 15 is 0 Å². The van der Waals surface area contributed by atoms with Gasteiger partial charge in [0.2, 0.25) is 0 Å². The first-order chi connectivity index (χ1) is 46.3. The molecule has 2 aliphatic rings. The minimum absolute atomic E-state index is 0.0327. The molecule has 556 valence electrons. The monoisotopic (exact) mass is 1390 g/mol. The highest BCUT2D eigenvalue weighted by molar-refractivity contribution is 5.77. The molecule has 0 saturated carbocycles. The van der Waals surface area contributed by atoms with Crippen LogP contribution < -0.4 is 9.47 Å². The van der Waals surface area contributed by atoms with E-state index in [1.807, 2.05) is 144 Å². The van der Waals surface area contributed by atoms with Crippen molar-refractivity contribution in [2.45, 2.75) is 132 Å². The zero-order valence-corrected chi connectivity index (χ0v) is 60.8. The zero-order valence-electron chi connectivity index (χ0n) is 60.8. The van der Waals surface area contributed by atoms with Crippen molar-refractivity contribution < 1.29 is 96.3 Å². The third-order valence-electron chi connectivity index (χ3n) is 15.2. The van der Waals surface area contributed by atoms with Crippen LogP contribution in [0.3, 0.4) is 0 Å². The Bertz CT molecular complexity index is 2610. The van der Waals surface area contributed by atoms with Crippen LogP contribution in [0.25, 0.3) is 0 Å². The van der Waals surface area contributed by atoms with Gasteiger partial charge in [-0.2, -0.15) is 0 Å². The summed E-state index contributed by atoms with van der Waals surface area (Å²) in [6.07, 6.45) is 0.697. The first-order valence-electron chi connectivity index (χ1n) is 34.3. The predicted molar refractivity (Wildman–Crippen MR) is 367 cm³/mol. The smallest absolute Gasteiger partial charge is 0.323 e. The van der Waals surface area contributed by atoms with Crippen molar-refractivity contribution in [2.75, 3.05) is 197 Å². The molecule has 0 radical (unpaired) electrons. The summed E-state index contributed by atoms with van der Waals surface area (Å²) in [5.74, 6) is -3.52. The molecule has 0 spiro atoms. The Balaban J connectivity index is 0.000000526. The van der Waals surface area contributed by atoms with Crippen LogP contribution in [-0.2, 0) is 84.4 Å². The van der Waals surface area contributed by atoms with E-state index < -0.39 is 52.8 Å². The van der Waals surface area contributed by atoms with E-state index in [1.165, 1.54) is 0 Å². The molecule has 0 bridgehead atoms. The second kappa shape index (κ2) is 45.2. The van der Waals surface area contributed by atoms with E-state index in [4.69, 9.17) is 42.6 Å². The average Bonchev–Trinajstić information content (AvgIpc) is 0.858. The SMILES string of the molecule is CCOCCOc1ccc(CC(C(=O)OCC)N2CCN(CC(=O)O)CCN(CC(=O)O)CCN(CC(=O)O)CC2)cc1.CCOCCOc1ccc(CC(C(=O)OCC)N2CCN(CC(=O)OC(C)(C)C)CCN(CC(=O)OC(C)(C)C)CCN(CC(=O)OC(C)(C)C)CC2)cc1. The van der Waals surface area contributed by atoms with Crippen molar-refractivity contribution in [3.63, 3.8) is 0 Å². The molecule has 2 atom stereocenters. The molecule has 4 rings (SSSR count).